The van der Waals surface area contributed by atoms with Crippen LogP contribution in [0.2, 0.25) is 0 Å². The molecule has 1 aromatic heterocycles. The molecule has 1 unspecified atom stereocenters. The number of carboxylic acid groups (broad SMARTS) is 1. The fourth-order valence-corrected chi connectivity index (χ4v) is 2.49. The van der Waals surface area contributed by atoms with Crippen molar-refractivity contribution >= 4 is 5.97 Å². The van der Waals surface area contributed by atoms with Crippen molar-refractivity contribution in [2.75, 3.05) is 20.3 Å². The molecule has 2 rings (SSSR count). The summed E-state index contributed by atoms with van der Waals surface area (Å²) in [6, 6.07) is 4.08. The molecule has 0 aliphatic heterocycles. The van der Waals surface area contributed by atoms with Crippen molar-refractivity contribution in [1.29, 1.82) is 0 Å². The fourth-order valence-electron chi connectivity index (χ4n) is 2.49. The summed E-state index contributed by atoms with van der Waals surface area (Å²) in [5, 5.41) is 9.21. The lowest BCUT2D eigenvalue weighted by Gasteiger charge is -2.29. The molecule has 0 spiro atoms. The molecule has 1 fully saturated rings. The van der Waals surface area contributed by atoms with Crippen LogP contribution in [0.1, 0.15) is 35.8 Å². The Bertz CT molecular complexity index is 460. The number of carboxylic acids is 1. The average molecular weight is 278 g/mol. The van der Waals surface area contributed by atoms with Gasteiger partial charge in [0.1, 0.15) is 0 Å². The molecule has 1 aromatic rings. The summed E-state index contributed by atoms with van der Waals surface area (Å²) >= 11 is 0. The molecule has 0 bridgehead atoms. The van der Waals surface area contributed by atoms with Crippen molar-refractivity contribution < 1.29 is 14.6 Å². The van der Waals surface area contributed by atoms with Gasteiger partial charge in [0.2, 0.25) is 0 Å². The van der Waals surface area contributed by atoms with E-state index >= 15 is 0 Å². The van der Waals surface area contributed by atoms with Crippen LogP contribution in [0.15, 0.2) is 18.3 Å². The predicted molar refractivity (Wildman–Crippen MR) is 75.7 cm³/mol. The number of carbonyl (C=O) groups is 1. The Morgan fingerprint density at radius 3 is 2.95 bits per heavy atom. The summed E-state index contributed by atoms with van der Waals surface area (Å²) in [6.45, 7) is 4.28. The molecule has 0 radical (unpaired) electrons. The molecule has 0 aromatic carbocycles. The zero-order valence-electron chi connectivity index (χ0n) is 12.1. The maximum absolute atomic E-state index is 11.2. The summed E-state index contributed by atoms with van der Waals surface area (Å²) in [4.78, 5) is 17.5. The van der Waals surface area contributed by atoms with Crippen LogP contribution in [-0.4, -0.2) is 47.3 Å². The van der Waals surface area contributed by atoms with E-state index in [1.165, 1.54) is 19.0 Å². The second-order valence-electron chi connectivity index (χ2n) is 5.36. The quantitative estimate of drug-likeness (QED) is 0.788. The maximum atomic E-state index is 11.2. The Labute approximate surface area is 119 Å². The van der Waals surface area contributed by atoms with Crippen LogP contribution in [-0.2, 0) is 11.3 Å². The minimum Gasteiger partial charge on any atom is -0.477 e. The third-order valence-corrected chi connectivity index (χ3v) is 3.93. The Hall–Kier alpha value is -1.46. The van der Waals surface area contributed by atoms with Crippen molar-refractivity contribution in [3.63, 3.8) is 0 Å². The van der Waals surface area contributed by atoms with Crippen LogP contribution in [0, 0.1) is 5.92 Å². The average Bonchev–Trinajstić information content (AvgIpc) is 3.27. The number of aromatic nitrogens is 1. The van der Waals surface area contributed by atoms with Gasteiger partial charge in [-0.15, -0.1) is 0 Å². The van der Waals surface area contributed by atoms with Gasteiger partial charge in [0.15, 0.2) is 5.69 Å². The van der Waals surface area contributed by atoms with Crippen molar-refractivity contribution in [1.82, 2.24) is 9.88 Å². The number of aromatic carboxylic acids is 1. The second-order valence-corrected chi connectivity index (χ2v) is 5.36. The molecule has 1 aliphatic carbocycles. The van der Waals surface area contributed by atoms with Gasteiger partial charge < -0.3 is 9.84 Å². The second kappa shape index (κ2) is 6.81. The SMILES string of the molecule is COCCN(Cc1cccnc1C(=O)O)C(C)C1CC1. The topological polar surface area (TPSA) is 62.7 Å². The molecule has 0 amide bonds. The van der Waals surface area contributed by atoms with E-state index in [9.17, 15) is 9.90 Å². The zero-order chi connectivity index (χ0) is 14.5. The highest BCUT2D eigenvalue weighted by Gasteiger charge is 2.32. The summed E-state index contributed by atoms with van der Waals surface area (Å²) in [7, 11) is 1.69. The van der Waals surface area contributed by atoms with E-state index in [2.05, 4.69) is 16.8 Å². The number of methoxy groups -OCH3 is 1. The largest absolute Gasteiger partial charge is 0.477 e. The van der Waals surface area contributed by atoms with Crippen LogP contribution in [0.5, 0.6) is 0 Å². The van der Waals surface area contributed by atoms with Crippen LogP contribution in [0.4, 0.5) is 0 Å². The van der Waals surface area contributed by atoms with E-state index in [1.807, 2.05) is 6.07 Å². The van der Waals surface area contributed by atoms with Gasteiger partial charge >= 0.3 is 5.97 Å². The predicted octanol–water partition coefficient (Wildman–Crippen LogP) is 2.03. The normalized spacial score (nSPS) is 16.4. The molecule has 1 heterocycles. The van der Waals surface area contributed by atoms with Crippen LogP contribution in [0.25, 0.3) is 0 Å². The Morgan fingerprint density at radius 2 is 2.35 bits per heavy atom. The molecule has 0 saturated heterocycles. The smallest absolute Gasteiger partial charge is 0.354 e. The molecule has 5 heteroatoms. The first kappa shape index (κ1) is 14.9. The number of nitrogens with zero attached hydrogens (tertiary/aromatic N) is 2. The summed E-state index contributed by atoms with van der Waals surface area (Å²) < 4.78 is 5.16. The van der Waals surface area contributed by atoms with Crippen molar-refractivity contribution in [2.45, 2.75) is 32.4 Å². The highest BCUT2D eigenvalue weighted by atomic mass is 16.5. The minimum atomic E-state index is -0.966. The summed E-state index contributed by atoms with van der Waals surface area (Å²) in [6.07, 6.45) is 4.06. The third kappa shape index (κ3) is 3.77. The molecule has 1 aliphatic rings. The van der Waals surface area contributed by atoms with E-state index in [1.54, 1.807) is 13.2 Å². The number of rotatable bonds is 8. The van der Waals surface area contributed by atoms with E-state index < -0.39 is 5.97 Å². The van der Waals surface area contributed by atoms with Gasteiger partial charge in [0.25, 0.3) is 0 Å². The van der Waals surface area contributed by atoms with Crippen molar-refractivity contribution in [3.05, 3.63) is 29.6 Å². The van der Waals surface area contributed by atoms with Crippen LogP contribution in [0.3, 0.4) is 0 Å². The van der Waals surface area contributed by atoms with Crippen molar-refractivity contribution in [2.24, 2.45) is 5.92 Å². The van der Waals surface area contributed by atoms with Gasteiger partial charge in [0.05, 0.1) is 6.61 Å². The third-order valence-electron chi connectivity index (χ3n) is 3.93. The molecule has 1 N–H and O–H groups in total. The van der Waals surface area contributed by atoms with Gasteiger partial charge in [-0.05, 0) is 37.3 Å². The molecule has 1 saturated carbocycles. The van der Waals surface area contributed by atoms with E-state index in [0.717, 1.165) is 18.0 Å². The van der Waals surface area contributed by atoms with E-state index in [0.29, 0.717) is 19.2 Å². The number of pyridine rings is 1. The highest BCUT2D eigenvalue weighted by Crippen LogP contribution is 2.35. The van der Waals surface area contributed by atoms with Crippen molar-refractivity contribution in [3.8, 4) is 0 Å². The minimum absolute atomic E-state index is 0.151. The molecular formula is C15H22N2O3. The van der Waals surface area contributed by atoms with Crippen LogP contribution < -0.4 is 0 Å². The van der Waals surface area contributed by atoms with Gasteiger partial charge in [-0.2, -0.15) is 0 Å². The van der Waals surface area contributed by atoms with E-state index in [4.69, 9.17) is 4.74 Å². The summed E-state index contributed by atoms with van der Waals surface area (Å²) in [5.41, 5.74) is 0.918. The lowest BCUT2D eigenvalue weighted by molar-refractivity contribution is 0.0685. The van der Waals surface area contributed by atoms with Gasteiger partial charge in [-0.1, -0.05) is 6.07 Å². The lowest BCUT2D eigenvalue weighted by atomic mass is 10.1. The fraction of sp³-hybridized carbons (Fsp3) is 0.600. The molecule has 5 nitrogen and oxygen atoms in total. The molecule has 1 atom stereocenters. The molecule has 20 heavy (non-hydrogen) atoms. The monoisotopic (exact) mass is 278 g/mol. The van der Waals surface area contributed by atoms with Gasteiger partial charge in [-0.3, -0.25) is 4.90 Å². The zero-order valence-corrected chi connectivity index (χ0v) is 12.1. The maximum Gasteiger partial charge on any atom is 0.354 e. The lowest BCUT2D eigenvalue weighted by Crippen LogP contribution is -2.37. The van der Waals surface area contributed by atoms with Gasteiger partial charge in [-0.25, -0.2) is 9.78 Å². The Morgan fingerprint density at radius 1 is 1.60 bits per heavy atom. The van der Waals surface area contributed by atoms with Crippen LogP contribution >= 0.6 is 0 Å². The molecule has 110 valence electrons. The molecular weight excluding hydrogens is 256 g/mol. The highest BCUT2D eigenvalue weighted by molar-refractivity contribution is 5.86. The number of hydrogen-bond acceptors (Lipinski definition) is 4. The Kier molecular flexibility index (Phi) is 5.09. The number of ether oxygens (including phenoxy) is 1. The van der Waals surface area contributed by atoms with Gasteiger partial charge in [0, 0.05) is 32.4 Å². The Balaban J connectivity index is 2.11. The summed E-state index contributed by atoms with van der Waals surface area (Å²) in [5.74, 6) is -0.233. The first-order chi connectivity index (χ1) is 9.63. The first-order valence-corrected chi connectivity index (χ1v) is 7.03. The standard InChI is InChI=1S/C15H22N2O3/c1-11(12-5-6-12)17(8-9-20-2)10-13-4-3-7-16-14(13)15(18)19/h3-4,7,11-12H,5-6,8-10H2,1-2H3,(H,18,19). The first-order valence-electron chi connectivity index (χ1n) is 7.03. The number of hydrogen-bond donors (Lipinski definition) is 1. The van der Waals surface area contributed by atoms with E-state index in [-0.39, 0.29) is 5.69 Å².